The SMILES string of the molecule is Cn1ccc2cc(Nc3ncc(C4=CC4Cc4cc5cc(Nc6ncc(C7CC7)cc6C(=O)O)cc(Br)c5n4C)cc3C(=O)O)cc(-c3ccccc3C#N)c21. The van der Waals surface area contributed by atoms with E-state index in [0.29, 0.717) is 35.1 Å². The van der Waals surface area contributed by atoms with Gasteiger partial charge in [-0.3, -0.25) is 0 Å². The Hall–Kier alpha value is -6.71. The van der Waals surface area contributed by atoms with Crippen molar-refractivity contribution in [2.24, 2.45) is 20.0 Å². The van der Waals surface area contributed by atoms with Gasteiger partial charge in [0.25, 0.3) is 0 Å². The normalized spacial score (nSPS) is 14.8. The largest absolute Gasteiger partial charge is 0.478 e. The number of carboxylic acids is 2. The molecule has 0 amide bonds. The summed E-state index contributed by atoms with van der Waals surface area (Å²) in [6, 6.07) is 25.0. The number of hydrogen-bond acceptors (Lipinski definition) is 7. The predicted octanol–water partition coefficient (Wildman–Crippen LogP) is 9.78. The van der Waals surface area contributed by atoms with Gasteiger partial charge in [0.05, 0.1) is 22.7 Å². The van der Waals surface area contributed by atoms with Crippen molar-refractivity contribution >= 4 is 78.3 Å². The molecule has 1 atom stereocenters. The highest BCUT2D eigenvalue weighted by atomic mass is 79.9. The molecule has 2 aliphatic rings. The number of nitrogens with zero attached hydrogens (tertiary/aromatic N) is 5. The summed E-state index contributed by atoms with van der Waals surface area (Å²) < 4.78 is 5.00. The van der Waals surface area contributed by atoms with Gasteiger partial charge in [0.15, 0.2) is 0 Å². The molecule has 276 valence electrons. The molecule has 7 aromatic rings. The third-order valence-corrected chi connectivity index (χ3v) is 11.4. The van der Waals surface area contributed by atoms with E-state index in [9.17, 15) is 25.1 Å². The number of hydrogen-bond donors (Lipinski definition) is 4. The molecule has 2 aliphatic carbocycles. The lowest BCUT2D eigenvalue weighted by Gasteiger charge is -2.14. The second-order valence-corrected chi connectivity index (χ2v) is 15.3. The fourth-order valence-corrected chi connectivity index (χ4v) is 8.47. The minimum Gasteiger partial charge on any atom is -0.478 e. The molecule has 0 saturated heterocycles. The number of halogens is 1. The smallest absolute Gasteiger partial charge is 0.339 e. The van der Waals surface area contributed by atoms with Crippen LogP contribution in [-0.2, 0) is 20.5 Å². The molecule has 0 radical (unpaired) electrons. The summed E-state index contributed by atoms with van der Waals surface area (Å²) in [5, 5.41) is 38.4. The van der Waals surface area contributed by atoms with E-state index in [1.165, 1.54) is 0 Å². The van der Waals surface area contributed by atoms with Crippen LogP contribution in [0.3, 0.4) is 0 Å². The Bertz CT molecular complexity index is 2880. The third-order valence-electron chi connectivity index (χ3n) is 10.8. The first-order chi connectivity index (χ1) is 27.1. The highest BCUT2D eigenvalue weighted by Gasteiger charge is 2.30. The molecule has 1 saturated carbocycles. The number of rotatable bonds is 11. The van der Waals surface area contributed by atoms with Crippen molar-refractivity contribution in [3.05, 3.63) is 135 Å². The van der Waals surface area contributed by atoms with Gasteiger partial charge in [0.1, 0.15) is 22.8 Å². The molecule has 12 heteroatoms. The molecule has 4 aromatic heterocycles. The predicted molar refractivity (Wildman–Crippen MR) is 220 cm³/mol. The summed E-state index contributed by atoms with van der Waals surface area (Å²) in [6.45, 7) is 0. The molecule has 9 rings (SSSR count). The zero-order valence-electron chi connectivity index (χ0n) is 30.3. The van der Waals surface area contributed by atoms with Gasteiger partial charge in [-0.05, 0) is 112 Å². The molecule has 4 heterocycles. The number of aromatic nitrogens is 4. The lowest BCUT2D eigenvalue weighted by atomic mass is 9.97. The molecule has 3 aromatic carbocycles. The number of carboxylic acid groups (broad SMARTS) is 2. The quantitative estimate of drug-likeness (QED) is 0.0999. The van der Waals surface area contributed by atoms with Crippen molar-refractivity contribution in [3.63, 3.8) is 0 Å². The standard InChI is InChI=1S/C44H34BrN7O4/c1-51-10-9-24-11-30(18-35(39(24)51)33-6-4-3-5-25(33)20-46)49-42-37(44(55)56)17-29(22-48-42)34-15-26(34)13-32-14-27-12-31(19-38(45)40(27)52(32)2)50-41-36(43(53)54)16-28(21-47-41)23-7-8-23/h3-6,9-12,14-19,21-23,26H,7-8,13H2,1-2H3,(H,47,50)(H,48,49)(H,53,54)(H,55,56). The first-order valence-electron chi connectivity index (χ1n) is 18.2. The van der Waals surface area contributed by atoms with E-state index in [0.717, 1.165) is 72.6 Å². The summed E-state index contributed by atoms with van der Waals surface area (Å²) in [7, 11) is 3.97. The van der Waals surface area contributed by atoms with Crippen molar-refractivity contribution in [1.82, 2.24) is 19.1 Å². The van der Waals surface area contributed by atoms with Gasteiger partial charge in [0.2, 0.25) is 0 Å². The first-order valence-corrected chi connectivity index (χ1v) is 18.9. The zero-order chi connectivity index (χ0) is 38.8. The number of nitrogens with one attached hydrogen (secondary N) is 2. The molecule has 56 heavy (non-hydrogen) atoms. The maximum atomic E-state index is 12.6. The number of allylic oxidation sites excluding steroid dienone is 2. The van der Waals surface area contributed by atoms with Crippen LogP contribution >= 0.6 is 15.9 Å². The minimum atomic E-state index is -1.09. The maximum Gasteiger partial charge on any atom is 0.339 e. The number of aromatic carboxylic acids is 2. The van der Waals surface area contributed by atoms with Crippen molar-refractivity contribution in [2.45, 2.75) is 25.2 Å². The van der Waals surface area contributed by atoms with Gasteiger partial charge >= 0.3 is 11.9 Å². The average molecular weight is 805 g/mol. The van der Waals surface area contributed by atoms with E-state index in [1.807, 2.05) is 73.4 Å². The van der Waals surface area contributed by atoms with Crippen LogP contribution in [0.5, 0.6) is 0 Å². The summed E-state index contributed by atoms with van der Waals surface area (Å²) in [5.74, 6) is -1.09. The van der Waals surface area contributed by atoms with E-state index >= 15 is 0 Å². The Morgan fingerprint density at radius 3 is 2.29 bits per heavy atom. The van der Waals surface area contributed by atoms with Crippen LogP contribution in [0.2, 0.25) is 0 Å². The highest BCUT2D eigenvalue weighted by Crippen LogP contribution is 2.44. The van der Waals surface area contributed by atoms with Crippen molar-refractivity contribution in [2.75, 3.05) is 10.6 Å². The number of benzene rings is 3. The van der Waals surface area contributed by atoms with Gasteiger partial charge in [-0.25, -0.2) is 19.6 Å². The lowest BCUT2D eigenvalue weighted by molar-refractivity contribution is 0.0686. The van der Waals surface area contributed by atoms with Crippen LogP contribution in [0.25, 0.3) is 38.5 Å². The van der Waals surface area contributed by atoms with E-state index in [4.69, 9.17) is 0 Å². The minimum absolute atomic E-state index is 0.0532. The van der Waals surface area contributed by atoms with Crippen LogP contribution < -0.4 is 10.6 Å². The zero-order valence-corrected chi connectivity index (χ0v) is 31.9. The van der Waals surface area contributed by atoms with E-state index in [2.05, 4.69) is 59.3 Å². The third kappa shape index (κ3) is 6.35. The summed E-state index contributed by atoms with van der Waals surface area (Å²) in [5.41, 5.74) is 9.55. The van der Waals surface area contributed by atoms with Gasteiger partial charge in [-0.15, -0.1) is 0 Å². The van der Waals surface area contributed by atoms with Gasteiger partial charge in [-0.1, -0.05) is 24.3 Å². The van der Waals surface area contributed by atoms with Crippen molar-refractivity contribution in [1.29, 1.82) is 5.26 Å². The van der Waals surface area contributed by atoms with Gasteiger partial charge in [0, 0.05) is 82.0 Å². The van der Waals surface area contributed by atoms with Crippen LogP contribution in [0.1, 0.15) is 61.9 Å². The Labute approximate surface area is 329 Å². The van der Waals surface area contributed by atoms with E-state index < -0.39 is 11.9 Å². The topological polar surface area (TPSA) is 158 Å². The lowest BCUT2D eigenvalue weighted by Crippen LogP contribution is -2.06. The molecule has 0 spiro atoms. The number of fused-ring (bicyclic) bond motifs is 2. The Morgan fingerprint density at radius 1 is 0.857 bits per heavy atom. The monoisotopic (exact) mass is 803 g/mol. The molecular formula is C44H34BrN7O4. The fourth-order valence-electron chi connectivity index (χ4n) is 7.72. The molecule has 1 fully saturated rings. The number of nitriles is 1. The Kier molecular flexibility index (Phi) is 8.47. The molecule has 4 N–H and O–H groups in total. The fraction of sp³-hybridized carbons (Fsp3) is 0.159. The highest BCUT2D eigenvalue weighted by molar-refractivity contribution is 9.10. The van der Waals surface area contributed by atoms with Crippen LogP contribution in [-0.4, -0.2) is 41.3 Å². The Balaban J connectivity index is 0.949. The number of carbonyl (C=O) groups is 2. The van der Waals surface area contributed by atoms with Crippen LogP contribution in [0.15, 0.2) is 102 Å². The maximum absolute atomic E-state index is 12.6. The summed E-state index contributed by atoms with van der Waals surface area (Å²) in [6.07, 6.45) is 10.4. The molecular weight excluding hydrogens is 770 g/mol. The second kappa shape index (κ2) is 13.5. The van der Waals surface area contributed by atoms with Crippen LogP contribution in [0.4, 0.5) is 23.0 Å². The number of aryl methyl sites for hydroxylation is 2. The van der Waals surface area contributed by atoms with Crippen molar-refractivity contribution in [3.8, 4) is 17.2 Å². The Morgan fingerprint density at radius 2 is 1.55 bits per heavy atom. The number of anilines is 4. The molecule has 0 aliphatic heterocycles. The van der Waals surface area contributed by atoms with E-state index in [-0.39, 0.29) is 22.9 Å². The molecule has 0 bridgehead atoms. The average Bonchev–Trinajstić information content (AvgIpc) is 4.11. The van der Waals surface area contributed by atoms with Gasteiger partial charge < -0.3 is 30.0 Å². The summed E-state index contributed by atoms with van der Waals surface area (Å²) in [4.78, 5) is 33.8. The van der Waals surface area contributed by atoms with Crippen LogP contribution in [0, 0.1) is 17.2 Å². The number of pyridine rings is 2. The summed E-state index contributed by atoms with van der Waals surface area (Å²) >= 11 is 3.73. The second-order valence-electron chi connectivity index (χ2n) is 14.5. The van der Waals surface area contributed by atoms with Gasteiger partial charge in [-0.2, -0.15) is 5.26 Å². The molecule has 1 unspecified atom stereocenters. The van der Waals surface area contributed by atoms with Crippen molar-refractivity contribution < 1.29 is 19.8 Å². The molecule has 11 nitrogen and oxygen atoms in total. The first kappa shape index (κ1) is 35.0. The van der Waals surface area contributed by atoms with E-state index in [1.54, 1.807) is 30.6 Å².